The molecule has 0 bridgehead atoms. The minimum Gasteiger partial charge on any atom is -0.368 e. The highest BCUT2D eigenvalue weighted by atomic mass is 19.4. The van der Waals surface area contributed by atoms with Gasteiger partial charge in [-0.25, -0.2) is 15.0 Å². The van der Waals surface area contributed by atoms with Crippen LogP contribution in [0.2, 0.25) is 0 Å². The summed E-state index contributed by atoms with van der Waals surface area (Å²) in [7, 11) is 0. The number of alkyl halides is 3. The molecular formula is C15H16F3N5. The van der Waals surface area contributed by atoms with Gasteiger partial charge in [-0.05, 0) is 31.0 Å². The molecule has 122 valence electrons. The van der Waals surface area contributed by atoms with Crippen molar-refractivity contribution in [3.8, 4) is 0 Å². The summed E-state index contributed by atoms with van der Waals surface area (Å²) in [6, 6.07) is 4.02. The summed E-state index contributed by atoms with van der Waals surface area (Å²) < 4.78 is 38.5. The number of pyridine rings is 1. The zero-order valence-electron chi connectivity index (χ0n) is 12.3. The number of hydrogen-bond acceptors (Lipinski definition) is 5. The van der Waals surface area contributed by atoms with Crippen molar-refractivity contribution in [1.29, 1.82) is 0 Å². The molecule has 8 heteroatoms. The van der Waals surface area contributed by atoms with E-state index in [1.807, 2.05) is 0 Å². The highest BCUT2D eigenvalue weighted by Crippen LogP contribution is 2.38. The summed E-state index contributed by atoms with van der Waals surface area (Å²) in [4.78, 5) is 12.4. The molecule has 0 atom stereocenters. The topological polar surface area (TPSA) is 62.7 Å². The van der Waals surface area contributed by atoms with Crippen LogP contribution < -0.4 is 10.6 Å². The molecule has 2 heterocycles. The van der Waals surface area contributed by atoms with Crippen molar-refractivity contribution in [2.75, 3.05) is 23.7 Å². The molecule has 1 saturated carbocycles. The largest absolute Gasteiger partial charge is 0.419 e. The lowest BCUT2D eigenvalue weighted by molar-refractivity contribution is -0.137. The van der Waals surface area contributed by atoms with Crippen LogP contribution in [0.1, 0.15) is 30.1 Å². The van der Waals surface area contributed by atoms with Crippen LogP contribution >= 0.6 is 0 Å². The summed E-state index contributed by atoms with van der Waals surface area (Å²) in [5.41, 5.74) is -0.766. The molecule has 1 aliphatic rings. The van der Waals surface area contributed by atoms with Gasteiger partial charge in [0.05, 0.1) is 5.56 Å². The van der Waals surface area contributed by atoms with Crippen molar-refractivity contribution in [1.82, 2.24) is 15.0 Å². The number of nitrogens with one attached hydrogen (secondary N) is 2. The summed E-state index contributed by atoms with van der Waals surface area (Å²) in [5.74, 6) is 1.80. The summed E-state index contributed by atoms with van der Waals surface area (Å²) in [6.45, 7) is 0.720. The second kappa shape index (κ2) is 6.39. The maximum absolute atomic E-state index is 12.8. The first-order chi connectivity index (χ1) is 11.0. The van der Waals surface area contributed by atoms with Crippen molar-refractivity contribution in [3.63, 3.8) is 0 Å². The van der Waals surface area contributed by atoms with E-state index in [1.165, 1.54) is 12.3 Å². The number of nitrogens with zero attached hydrogens (tertiary/aromatic N) is 3. The maximum Gasteiger partial charge on any atom is 0.419 e. The fourth-order valence-corrected chi connectivity index (χ4v) is 2.16. The standard InChI is InChI=1S/C15H16F3N5/c16-15(17,18)11-2-1-6-20-14(11)22-9-8-19-12-5-7-21-13(23-12)10-3-4-10/h1-2,5-7,10H,3-4,8-9H2,(H,20,22)(H,19,21,23). The van der Waals surface area contributed by atoms with Crippen LogP contribution in [0.5, 0.6) is 0 Å². The molecule has 0 unspecified atom stereocenters. The Balaban J connectivity index is 1.53. The second-order valence-corrected chi connectivity index (χ2v) is 5.33. The van der Waals surface area contributed by atoms with Gasteiger partial charge in [-0.15, -0.1) is 0 Å². The molecule has 0 amide bonds. The smallest absolute Gasteiger partial charge is 0.368 e. The van der Waals surface area contributed by atoms with Crippen molar-refractivity contribution in [2.24, 2.45) is 0 Å². The van der Waals surface area contributed by atoms with Crippen LogP contribution in [-0.4, -0.2) is 28.0 Å². The fourth-order valence-electron chi connectivity index (χ4n) is 2.16. The van der Waals surface area contributed by atoms with Gasteiger partial charge in [-0.1, -0.05) is 0 Å². The minimum absolute atomic E-state index is 0.164. The van der Waals surface area contributed by atoms with Gasteiger partial charge < -0.3 is 10.6 Å². The van der Waals surface area contributed by atoms with E-state index in [0.717, 1.165) is 24.7 Å². The fraction of sp³-hybridized carbons (Fsp3) is 0.400. The average molecular weight is 323 g/mol. The zero-order chi connectivity index (χ0) is 16.3. The van der Waals surface area contributed by atoms with Crippen molar-refractivity contribution in [3.05, 3.63) is 42.0 Å². The van der Waals surface area contributed by atoms with E-state index in [1.54, 1.807) is 12.3 Å². The highest BCUT2D eigenvalue weighted by Gasteiger charge is 2.33. The molecule has 5 nitrogen and oxygen atoms in total. The van der Waals surface area contributed by atoms with E-state index in [-0.39, 0.29) is 5.82 Å². The average Bonchev–Trinajstić information content (AvgIpc) is 3.36. The van der Waals surface area contributed by atoms with Crippen LogP contribution in [0, 0.1) is 0 Å². The number of rotatable bonds is 6. The Morgan fingerprint density at radius 1 is 1.04 bits per heavy atom. The van der Waals surface area contributed by atoms with E-state index in [4.69, 9.17) is 0 Å². The monoisotopic (exact) mass is 323 g/mol. The number of hydrogen-bond donors (Lipinski definition) is 2. The molecule has 0 aliphatic heterocycles. The van der Waals surface area contributed by atoms with E-state index in [0.29, 0.717) is 24.8 Å². The van der Waals surface area contributed by atoms with E-state index < -0.39 is 11.7 Å². The summed E-state index contributed by atoms with van der Waals surface area (Å²) >= 11 is 0. The lowest BCUT2D eigenvalue weighted by atomic mass is 10.2. The first-order valence-corrected chi connectivity index (χ1v) is 7.37. The molecule has 2 aromatic rings. The molecule has 2 N–H and O–H groups in total. The van der Waals surface area contributed by atoms with Gasteiger partial charge in [0.25, 0.3) is 0 Å². The van der Waals surface area contributed by atoms with Gasteiger partial charge in [0.1, 0.15) is 17.5 Å². The van der Waals surface area contributed by atoms with Gasteiger partial charge in [0.15, 0.2) is 0 Å². The Labute approximate surface area is 131 Å². The van der Waals surface area contributed by atoms with Crippen LogP contribution in [0.3, 0.4) is 0 Å². The first kappa shape index (κ1) is 15.5. The molecule has 0 aromatic carbocycles. The summed E-state index contributed by atoms with van der Waals surface area (Å²) in [5, 5.41) is 5.78. The Morgan fingerprint density at radius 2 is 1.83 bits per heavy atom. The number of anilines is 2. The van der Waals surface area contributed by atoms with Gasteiger partial charge >= 0.3 is 6.18 Å². The molecule has 0 radical (unpaired) electrons. The highest BCUT2D eigenvalue weighted by molar-refractivity contribution is 5.45. The molecule has 0 spiro atoms. The third-order valence-electron chi connectivity index (χ3n) is 3.45. The third-order valence-corrected chi connectivity index (χ3v) is 3.45. The zero-order valence-corrected chi connectivity index (χ0v) is 12.3. The van der Waals surface area contributed by atoms with E-state index in [2.05, 4.69) is 25.6 Å². The normalized spacial score (nSPS) is 14.6. The van der Waals surface area contributed by atoms with E-state index in [9.17, 15) is 13.2 Å². The molecule has 1 fully saturated rings. The van der Waals surface area contributed by atoms with E-state index >= 15 is 0 Å². The van der Waals surface area contributed by atoms with Crippen LogP contribution in [0.25, 0.3) is 0 Å². The Bertz CT molecular complexity index is 670. The first-order valence-electron chi connectivity index (χ1n) is 7.37. The SMILES string of the molecule is FC(F)(F)c1cccnc1NCCNc1ccnc(C2CC2)n1. The lowest BCUT2D eigenvalue weighted by Crippen LogP contribution is -2.18. The third kappa shape index (κ3) is 4.08. The van der Waals surface area contributed by atoms with Crippen LogP contribution in [0.15, 0.2) is 30.6 Å². The molecule has 3 rings (SSSR count). The van der Waals surface area contributed by atoms with Crippen LogP contribution in [-0.2, 0) is 6.18 Å². The molecule has 0 saturated heterocycles. The Kier molecular flexibility index (Phi) is 4.31. The Morgan fingerprint density at radius 3 is 2.57 bits per heavy atom. The quantitative estimate of drug-likeness (QED) is 0.799. The molecule has 23 heavy (non-hydrogen) atoms. The van der Waals surface area contributed by atoms with Crippen molar-refractivity contribution >= 4 is 11.6 Å². The van der Waals surface area contributed by atoms with Gasteiger partial charge in [0, 0.05) is 31.4 Å². The predicted octanol–water partition coefficient (Wildman–Crippen LogP) is 3.29. The molecule has 1 aliphatic carbocycles. The van der Waals surface area contributed by atoms with Gasteiger partial charge in [-0.2, -0.15) is 13.2 Å². The number of halogens is 3. The van der Waals surface area contributed by atoms with Crippen molar-refractivity contribution < 1.29 is 13.2 Å². The molecule has 2 aromatic heterocycles. The number of aromatic nitrogens is 3. The van der Waals surface area contributed by atoms with Gasteiger partial charge in [0.2, 0.25) is 0 Å². The minimum atomic E-state index is -4.42. The Hall–Kier alpha value is -2.38. The van der Waals surface area contributed by atoms with Gasteiger partial charge in [-0.3, -0.25) is 0 Å². The lowest BCUT2D eigenvalue weighted by Gasteiger charge is -2.13. The molecular weight excluding hydrogens is 307 g/mol. The predicted molar refractivity (Wildman–Crippen MR) is 80.2 cm³/mol. The summed E-state index contributed by atoms with van der Waals surface area (Å²) in [6.07, 6.45) is 0.833. The van der Waals surface area contributed by atoms with Crippen molar-refractivity contribution in [2.45, 2.75) is 24.9 Å². The second-order valence-electron chi connectivity index (χ2n) is 5.33. The van der Waals surface area contributed by atoms with Crippen LogP contribution in [0.4, 0.5) is 24.8 Å². The maximum atomic E-state index is 12.8.